The summed E-state index contributed by atoms with van der Waals surface area (Å²) in [4.78, 5) is 159. The van der Waals surface area contributed by atoms with Gasteiger partial charge in [0, 0.05) is 13.0 Å². The molecule has 0 aromatic heterocycles. The largest absolute Gasteiger partial charge is 0.508 e. The molecule has 1 aromatic carbocycles. The van der Waals surface area contributed by atoms with Crippen LogP contribution in [0.2, 0.25) is 0 Å². The third-order valence-corrected chi connectivity index (χ3v) is 12.8. The van der Waals surface area contributed by atoms with E-state index < -0.39 is 157 Å². The number of primary amides is 1. The third kappa shape index (κ3) is 20.5. The van der Waals surface area contributed by atoms with E-state index >= 15 is 0 Å². The van der Waals surface area contributed by atoms with Crippen molar-refractivity contribution >= 4 is 71.1 Å². The number of amides is 9. The quantitative estimate of drug-likeness (QED) is 0.0396. The van der Waals surface area contributed by atoms with Crippen molar-refractivity contribution in [1.82, 2.24) is 42.1 Å². The second kappa shape index (κ2) is 30.1. The molecule has 418 valence electrons. The van der Waals surface area contributed by atoms with E-state index in [0.29, 0.717) is 18.4 Å². The first-order valence-corrected chi connectivity index (χ1v) is 24.9. The first-order valence-electron chi connectivity index (χ1n) is 24.9. The number of aliphatic carboxylic acids is 3. The summed E-state index contributed by atoms with van der Waals surface area (Å²) in [5.41, 5.74) is 12.0. The Balaban J connectivity index is 2.35. The van der Waals surface area contributed by atoms with E-state index in [1.54, 1.807) is 34.6 Å². The normalized spacial score (nSPS) is 17.3. The van der Waals surface area contributed by atoms with E-state index in [0.717, 1.165) is 0 Å². The van der Waals surface area contributed by atoms with Crippen molar-refractivity contribution in [1.29, 1.82) is 0 Å². The van der Waals surface area contributed by atoms with Gasteiger partial charge in [0.05, 0.1) is 25.3 Å². The highest BCUT2D eigenvalue weighted by molar-refractivity contribution is 6.00. The van der Waals surface area contributed by atoms with Crippen molar-refractivity contribution in [3.63, 3.8) is 0 Å². The maximum absolute atomic E-state index is 14.2. The molecule has 0 spiro atoms. The monoisotopic (exact) mass is 1060 g/mol. The zero-order chi connectivity index (χ0) is 57.0. The molecule has 1 aliphatic rings. The van der Waals surface area contributed by atoms with Crippen molar-refractivity contribution < 1.29 is 78.0 Å². The first-order chi connectivity index (χ1) is 35.0. The van der Waals surface area contributed by atoms with Gasteiger partial charge in [0.25, 0.3) is 0 Å². The maximum Gasteiger partial charge on any atom is 0.326 e. The molecule has 1 heterocycles. The minimum atomic E-state index is -1.97. The fraction of sp³-hybridized carbons (Fsp3) is 0.633. The van der Waals surface area contributed by atoms with E-state index in [-0.39, 0.29) is 49.8 Å². The Labute approximate surface area is 435 Å². The zero-order valence-corrected chi connectivity index (χ0v) is 43.7. The number of phenolic OH excluding ortho intramolecular Hbond substituents is 1. The first kappa shape index (κ1) is 63.7. The Kier molecular flexibility index (Phi) is 25.6. The molecule has 0 unspecified atom stereocenters. The van der Waals surface area contributed by atoms with Gasteiger partial charge in [-0.25, -0.2) is 4.79 Å². The van der Waals surface area contributed by atoms with Crippen LogP contribution in [0.4, 0.5) is 0 Å². The van der Waals surface area contributed by atoms with E-state index in [2.05, 4.69) is 37.2 Å². The molecule has 15 N–H and O–H groups in total. The summed E-state index contributed by atoms with van der Waals surface area (Å²) in [6.45, 7) is 13.3. The second-order valence-electron chi connectivity index (χ2n) is 19.7. The number of benzene rings is 1. The third-order valence-electron chi connectivity index (χ3n) is 12.8. The molecule has 11 atom stereocenters. The van der Waals surface area contributed by atoms with Crippen LogP contribution in [-0.4, -0.2) is 157 Å². The van der Waals surface area contributed by atoms with Crippen molar-refractivity contribution in [3.05, 3.63) is 29.8 Å². The predicted molar refractivity (Wildman–Crippen MR) is 267 cm³/mol. The van der Waals surface area contributed by atoms with Gasteiger partial charge in [-0.3, -0.25) is 52.7 Å². The average Bonchev–Trinajstić information content (AvgIpc) is 3.83. The maximum atomic E-state index is 14.2. The molecular weight excluding hydrogens is 985 g/mol. The summed E-state index contributed by atoms with van der Waals surface area (Å²) in [6, 6.07) is -7.87. The van der Waals surface area contributed by atoms with Gasteiger partial charge in [0.2, 0.25) is 53.2 Å². The number of nitrogens with two attached hydrogens (primary N) is 2. The van der Waals surface area contributed by atoms with Crippen LogP contribution in [-0.2, 0) is 64.0 Å². The van der Waals surface area contributed by atoms with Gasteiger partial charge in [-0.2, -0.15) is 0 Å². The Morgan fingerprint density at radius 2 is 1.07 bits per heavy atom. The summed E-state index contributed by atoms with van der Waals surface area (Å²) < 4.78 is 0. The summed E-state index contributed by atoms with van der Waals surface area (Å²) in [7, 11) is 0. The zero-order valence-electron chi connectivity index (χ0n) is 43.7. The Morgan fingerprint density at radius 1 is 0.600 bits per heavy atom. The lowest BCUT2D eigenvalue weighted by atomic mass is 9.96. The molecule has 2 rings (SSSR count). The molecule has 26 nitrogen and oxygen atoms in total. The molecule has 9 amide bonds. The van der Waals surface area contributed by atoms with E-state index in [4.69, 9.17) is 11.5 Å². The summed E-state index contributed by atoms with van der Waals surface area (Å²) in [6.07, 6.45) is -1.81. The lowest BCUT2D eigenvalue weighted by molar-refractivity contribution is -0.146. The highest BCUT2D eigenvalue weighted by Gasteiger charge is 2.42. The number of nitrogens with zero attached hydrogens (tertiary/aromatic N) is 1. The van der Waals surface area contributed by atoms with E-state index in [1.165, 1.54) is 43.0 Å². The minimum absolute atomic E-state index is 0.0263. The molecular formula is C49H76N10O16. The van der Waals surface area contributed by atoms with E-state index in [1.807, 2.05) is 6.92 Å². The number of nitrogens with one attached hydrogen (secondary N) is 7. The number of hydrogen-bond acceptors (Lipinski definition) is 14. The van der Waals surface area contributed by atoms with E-state index in [9.17, 15) is 78.0 Å². The van der Waals surface area contributed by atoms with Crippen LogP contribution in [0, 0.1) is 23.7 Å². The van der Waals surface area contributed by atoms with Crippen molar-refractivity contribution in [2.75, 3.05) is 6.54 Å². The fourth-order valence-corrected chi connectivity index (χ4v) is 8.01. The topological polar surface area (TPSA) is 425 Å². The SMILES string of the molecule is CC[C@H](C)[C@H](N)C(=O)N[C@@H](CC(C)C)C(=O)N[C@@H](CC(=O)O)C(=O)N[C@H](C(=O)N[C@@H](CC(N)=O)C(=O)N[C@@H](CC(=O)O)C(=O)N[C@H](C(=O)N1CCC[C@H]1C(=O)N[C@@H](Cc1ccc(O)cc1)C(=O)O)[C@@H](C)CC)C(C)C. The van der Waals surface area contributed by atoms with Crippen LogP contribution in [0.3, 0.4) is 0 Å². The van der Waals surface area contributed by atoms with Crippen molar-refractivity contribution in [2.24, 2.45) is 35.1 Å². The summed E-state index contributed by atoms with van der Waals surface area (Å²) in [5, 5.41) is 55.7. The standard InChI is InChI=1S/C49H76N10O16/c1-9-25(7)38(51)46(71)54-29(18-23(3)4)41(66)52-31(21-36(62)63)43(68)57-39(24(5)6)47(72)55-30(20-35(50)61)42(67)53-32(22-37(64)65)44(69)58-40(26(8)10-2)48(73)59-17-11-12-34(59)45(70)56-33(49(74)75)19-27-13-15-28(60)16-14-27/h13-16,23-26,29-34,38-40,60H,9-12,17-22,51H2,1-8H3,(H2,50,61)(H,52,66)(H,53,67)(H,54,71)(H,55,72)(H,56,70)(H,57,68)(H,58,69)(H,62,63)(H,64,65)(H,74,75)/t25-,26-,29-,30-,31-,32-,33-,34-,38-,39-,40-/m0/s1. The number of aromatic hydroxyl groups is 1. The van der Waals surface area contributed by atoms with Gasteiger partial charge in [-0.15, -0.1) is 0 Å². The van der Waals surface area contributed by atoms with Crippen LogP contribution < -0.4 is 48.7 Å². The van der Waals surface area contributed by atoms with Gasteiger partial charge < -0.3 is 74.0 Å². The summed E-state index contributed by atoms with van der Waals surface area (Å²) in [5.74, 6) is -15.5. The molecule has 0 aliphatic carbocycles. The molecule has 0 saturated carbocycles. The average molecular weight is 1060 g/mol. The number of carbonyl (C=O) groups is 12. The number of carboxylic acid groups (broad SMARTS) is 3. The lowest BCUT2D eigenvalue weighted by Crippen LogP contribution is -2.62. The Hall–Kier alpha value is -7.38. The Bertz CT molecular complexity index is 2230. The smallest absolute Gasteiger partial charge is 0.326 e. The molecule has 0 bridgehead atoms. The highest BCUT2D eigenvalue weighted by atomic mass is 16.4. The number of phenols is 1. The molecule has 1 fully saturated rings. The number of carbonyl (C=O) groups excluding carboxylic acids is 9. The van der Waals surface area contributed by atoms with Gasteiger partial charge >= 0.3 is 17.9 Å². The number of rotatable bonds is 31. The predicted octanol–water partition coefficient (Wildman–Crippen LogP) is -1.65. The lowest BCUT2D eigenvalue weighted by Gasteiger charge is -2.32. The van der Waals surface area contributed by atoms with Crippen LogP contribution in [0.15, 0.2) is 24.3 Å². The molecule has 1 aliphatic heterocycles. The van der Waals surface area contributed by atoms with Crippen LogP contribution in [0.25, 0.3) is 0 Å². The minimum Gasteiger partial charge on any atom is -0.508 e. The molecule has 1 aromatic rings. The molecule has 1 saturated heterocycles. The molecule has 0 radical (unpaired) electrons. The van der Waals surface area contributed by atoms with Crippen molar-refractivity contribution in [3.8, 4) is 5.75 Å². The van der Waals surface area contributed by atoms with Crippen LogP contribution >= 0.6 is 0 Å². The van der Waals surface area contributed by atoms with Gasteiger partial charge in [0.1, 0.15) is 54.1 Å². The molecule has 75 heavy (non-hydrogen) atoms. The van der Waals surface area contributed by atoms with Gasteiger partial charge in [0.15, 0.2) is 0 Å². The summed E-state index contributed by atoms with van der Waals surface area (Å²) >= 11 is 0. The van der Waals surface area contributed by atoms with Crippen LogP contribution in [0.5, 0.6) is 5.75 Å². The fourth-order valence-electron chi connectivity index (χ4n) is 8.01. The van der Waals surface area contributed by atoms with Gasteiger partial charge in [-0.05, 0) is 60.6 Å². The number of hydrogen-bond donors (Lipinski definition) is 13. The highest BCUT2D eigenvalue weighted by Crippen LogP contribution is 2.23. The molecule has 26 heteroatoms. The number of carboxylic acids is 3. The van der Waals surface area contributed by atoms with Crippen LogP contribution in [0.1, 0.15) is 112 Å². The van der Waals surface area contributed by atoms with Crippen molar-refractivity contribution in [2.45, 2.75) is 168 Å². The Morgan fingerprint density at radius 3 is 1.53 bits per heavy atom. The van der Waals surface area contributed by atoms with Gasteiger partial charge in [-0.1, -0.05) is 80.4 Å². The second-order valence-corrected chi connectivity index (χ2v) is 19.7. The number of likely N-dealkylation sites (tertiary alicyclic amines) is 1.